The highest BCUT2D eigenvalue weighted by Crippen LogP contribution is 2.15. The minimum Gasteiger partial charge on any atom is -0.396 e. The summed E-state index contributed by atoms with van der Waals surface area (Å²) in [5.74, 6) is 0.224. The molecule has 22 heavy (non-hydrogen) atoms. The predicted molar refractivity (Wildman–Crippen MR) is 96.1 cm³/mol. The van der Waals surface area contributed by atoms with Crippen molar-refractivity contribution in [1.82, 2.24) is 4.98 Å². The van der Waals surface area contributed by atoms with E-state index in [4.69, 9.17) is 28.0 Å². The highest BCUT2D eigenvalue weighted by atomic mass is 14.9. The van der Waals surface area contributed by atoms with Gasteiger partial charge in [-0.15, -0.1) is 0 Å². The van der Waals surface area contributed by atoms with E-state index in [9.17, 15) is 0 Å². The van der Waals surface area contributed by atoms with Crippen LogP contribution in [-0.4, -0.2) is 17.0 Å². The fraction of sp³-hybridized carbons (Fsp3) is 0.500. The maximum absolute atomic E-state index is 7.18. The van der Waals surface area contributed by atoms with Gasteiger partial charge in [-0.3, -0.25) is 5.41 Å². The third-order valence-electron chi connectivity index (χ3n) is 3.22. The molecule has 0 aromatic carbocycles. The Kier molecular flexibility index (Phi) is 10.3. The van der Waals surface area contributed by atoms with Crippen molar-refractivity contribution in [2.24, 2.45) is 11.5 Å². The molecule has 6 nitrogen and oxygen atoms in total. The van der Waals surface area contributed by atoms with Gasteiger partial charge in [0, 0.05) is 6.21 Å². The summed E-state index contributed by atoms with van der Waals surface area (Å²) in [6.45, 7) is 4.00. The molecule has 1 saturated carbocycles. The predicted octanol–water partition coefficient (Wildman–Crippen LogP) is 3.22. The summed E-state index contributed by atoms with van der Waals surface area (Å²) in [6, 6.07) is 3.31. The van der Waals surface area contributed by atoms with Gasteiger partial charge in [0.2, 0.25) is 0 Å². The van der Waals surface area contributed by atoms with Gasteiger partial charge in [-0.05, 0) is 12.1 Å². The SMILES string of the molecule is C1CCCCC1.CC.N=C/C(C(=N)N)=C(/N)c1ccc(N)[nH]1. The number of rotatable bonds is 3. The van der Waals surface area contributed by atoms with E-state index in [2.05, 4.69) is 4.98 Å². The van der Waals surface area contributed by atoms with Crippen molar-refractivity contribution in [3.8, 4) is 0 Å². The van der Waals surface area contributed by atoms with Gasteiger partial charge in [-0.25, -0.2) is 0 Å². The lowest BCUT2D eigenvalue weighted by molar-refractivity contribution is 0.504. The van der Waals surface area contributed by atoms with Crippen molar-refractivity contribution in [3.63, 3.8) is 0 Å². The zero-order valence-electron chi connectivity index (χ0n) is 13.7. The minimum atomic E-state index is -0.245. The lowest BCUT2D eigenvalue weighted by atomic mass is 10.0. The Morgan fingerprint density at radius 1 is 1.05 bits per heavy atom. The molecule has 0 radical (unpaired) electrons. The Hall–Kier alpha value is -2.24. The summed E-state index contributed by atoms with van der Waals surface area (Å²) in [5.41, 5.74) is 17.3. The van der Waals surface area contributed by atoms with Crippen LogP contribution in [0.1, 0.15) is 58.1 Å². The number of nitrogens with one attached hydrogen (secondary N) is 3. The lowest BCUT2D eigenvalue weighted by Gasteiger charge is -2.05. The van der Waals surface area contributed by atoms with Crippen LogP contribution >= 0.6 is 0 Å². The van der Waals surface area contributed by atoms with E-state index in [1.807, 2.05) is 13.8 Å². The molecule has 1 aliphatic rings. The maximum atomic E-state index is 7.18. The molecule has 1 aromatic heterocycles. The molecule has 1 fully saturated rings. The first-order valence-electron chi connectivity index (χ1n) is 7.85. The van der Waals surface area contributed by atoms with E-state index >= 15 is 0 Å². The number of H-pyrrole nitrogens is 1. The number of nitrogens with two attached hydrogens (primary N) is 3. The number of aromatic nitrogens is 1. The normalized spacial score (nSPS) is 14.5. The van der Waals surface area contributed by atoms with Crippen LogP contribution in [0, 0.1) is 10.8 Å². The lowest BCUT2D eigenvalue weighted by Crippen LogP contribution is -2.18. The summed E-state index contributed by atoms with van der Waals surface area (Å²) < 4.78 is 0. The third kappa shape index (κ3) is 6.97. The summed E-state index contributed by atoms with van der Waals surface area (Å²) in [5, 5.41) is 14.2. The Morgan fingerprint density at radius 2 is 1.50 bits per heavy atom. The van der Waals surface area contributed by atoms with Crippen LogP contribution in [-0.2, 0) is 0 Å². The molecular formula is C16H30N6. The van der Waals surface area contributed by atoms with E-state index in [0.29, 0.717) is 11.5 Å². The van der Waals surface area contributed by atoms with Crippen molar-refractivity contribution in [3.05, 3.63) is 23.4 Å². The number of aromatic amines is 1. The first-order valence-corrected chi connectivity index (χ1v) is 7.85. The molecule has 0 amide bonds. The molecule has 1 aromatic rings. The van der Waals surface area contributed by atoms with Crippen LogP contribution in [0.4, 0.5) is 5.82 Å². The summed E-state index contributed by atoms with van der Waals surface area (Å²) in [7, 11) is 0. The maximum Gasteiger partial charge on any atom is 0.126 e. The second-order valence-electron chi connectivity index (χ2n) is 4.83. The van der Waals surface area contributed by atoms with E-state index < -0.39 is 0 Å². The van der Waals surface area contributed by atoms with Crippen LogP contribution < -0.4 is 17.2 Å². The van der Waals surface area contributed by atoms with Gasteiger partial charge < -0.3 is 27.6 Å². The molecule has 0 unspecified atom stereocenters. The van der Waals surface area contributed by atoms with Crippen LogP contribution in [0.15, 0.2) is 17.7 Å². The Balaban J connectivity index is 0.000000457. The van der Waals surface area contributed by atoms with Gasteiger partial charge in [0.25, 0.3) is 0 Å². The fourth-order valence-electron chi connectivity index (χ4n) is 2.08. The molecule has 0 saturated heterocycles. The smallest absolute Gasteiger partial charge is 0.126 e. The number of hydrogen-bond donors (Lipinski definition) is 6. The van der Waals surface area contributed by atoms with Crippen molar-refractivity contribution in [2.45, 2.75) is 52.4 Å². The van der Waals surface area contributed by atoms with Gasteiger partial charge in [0.15, 0.2) is 0 Å². The van der Waals surface area contributed by atoms with E-state index in [-0.39, 0.29) is 17.1 Å². The largest absolute Gasteiger partial charge is 0.396 e. The van der Waals surface area contributed by atoms with Crippen molar-refractivity contribution in [1.29, 1.82) is 10.8 Å². The van der Waals surface area contributed by atoms with Gasteiger partial charge in [0.05, 0.1) is 17.0 Å². The van der Waals surface area contributed by atoms with Crippen LogP contribution in [0.2, 0.25) is 0 Å². The van der Waals surface area contributed by atoms with Crippen molar-refractivity contribution in [2.75, 3.05) is 5.73 Å². The first kappa shape index (κ1) is 19.8. The van der Waals surface area contributed by atoms with Gasteiger partial charge >= 0.3 is 0 Å². The molecular weight excluding hydrogens is 276 g/mol. The third-order valence-corrected chi connectivity index (χ3v) is 3.22. The molecule has 124 valence electrons. The van der Waals surface area contributed by atoms with Crippen molar-refractivity contribution < 1.29 is 0 Å². The summed E-state index contributed by atoms with van der Waals surface area (Å²) >= 11 is 0. The van der Waals surface area contributed by atoms with Crippen LogP contribution in [0.3, 0.4) is 0 Å². The van der Waals surface area contributed by atoms with Crippen molar-refractivity contribution >= 4 is 23.6 Å². The molecule has 1 aliphatic carbocycles. The second kappa shape index (κ2) is 11.4. The van der Waals surface area contributed by atoms with Crippen LogP contribution in [0.5, 0.6) is 0 Å². The standard InChI is InChI=1S/C8H12N6.C6H12.C2H6/c9-3-4(8(12)13)7(11)5-1-2-6(10)14-5;1-2-4-6-5-3-1;1-2/h1-3,9,14H,10-11H2,(H3,12,13);1-6H2;1-2H3/b7-4-,9-3?;;. The molecule has 1 heterocycles. The molecule has 0 spiro atoms. The molecule has 0 bridgehead atoms. The van der Waals surface area contributed by atoms with E-state index in [1.165, 1.54) is 38.5 Å². The Labute approximate surface area is 133 Å². The number of anilines is 1. The number of hydrogen-bond acceptors (Lipinski definition) is 4. The molecule has 0 aliphatic heterocycles. The van der Waals surface area contributed by atoms with Gasteiger partial charge in [-0.2, -0.15) is 0 Å². The summed E-state index contributed by atoms with van der Waals surface area (Å²) in [6.07, 6.45) is 9.94. The minimum absolute atomic E-state index is 0.173. The highest BCUT2D eigenvalue weighted by molar-refractivity contribution is 6.17. The zero-order valence-corrected chi connectivity index (χ0v) is 13.7. The molecule has 9 N–H and O–H groups in total. The topological polar surface area (TPSA) is 142 Å². The fourth-order valence-corrected chi connectivity index (χ4v) is 2.08. The Bertz CT molecular complexity index is 471. The molecule has 6 heteroatoms. The molecule has 0 atom stereocenters. The quantitative estimate of drug-likeness (QED) is 0.377. The van der Waals surface area contributed by atoms with E-state index in [0.717, 1.165) is 6.21 Å². The second-order valence-corrected chi connectivity index (χ2v) is 4.83. The molecule has 2 rings (SSSR count). The average molecular weight is 306 g/mol. The first-order chi connectivity index (χ1) is 10.6. The van der Waals surface area contributed by atoms with Crippen LogP contribution in [0.25, 0.3) is 5.70 Å². The number of amidine groups is 1. The zero-order chi connectivity index (χ0) is 17.0. The van der Waals surface area contributed by atoms with Gasteiger partial charge in [0.1, 0.15) is 11.7 Å². The summed E-state index contributed by atoms with van der Waals surface area (Å²) in [4.78, 5) is 2.78. The monoisotopic (exact) mass is 306 g/mol. The van der Waals surface area contributed by atoms with E-state index in [1.54, 1.807) is 12.1 Å². The number of nitrogen functional groups attached to an aromatic ring is 1. The Morgan fingerprint density at radius 3 is 1.77 bits per heavy atom. The highest BCUT2D eigenvalue weighted by Gasteiger charge is 2.07. The average Bonchev–Trinajstić information content (AvgIpc) is 2.98. The van der Waals surface area contributed by atoms with Gasteiger partial charge in [-0.1, -0.05) is 52.4 Å².